The number of para-hydroxylation sites is 1. The number of ether oxygens (including phenoxy) is 1. The minimum absolute atomic E-state index is 0.132. The molecule has 24 heavy (non-hydrogen) atoms. The van der Waals surface area contributed by atoms with Crippen molar-refractivity contribution in [3.05, 3.63) is 30.5 Å². The molecule has 6 nitrogen and oxygen atoms in total. The van der Waals surface area contributed by atoms with Gasteiger partial charge in [0.25, 0.3) is 10.0 Å². The van der Waals surface area contributed by atoms with Gasteiger partial charge >= 0.3 is 0 Å². The van der Waals surface area contributed by atoms with E-state index in [4.69, 9.17) is 4.74 Å². The van der Waals surface area contributed by atoms with Gasteiger partial charge in [-0.3, -0.25) is 4.79 Å². The lowest BCUT2D eigenvalue weighted by atomic mass is 9.97. The number of rotatable bonds is 4. The third-order valence-corrected chi connectivity index (χ3v) is 6.32. The summed E-state index contributed by atoms with van der Waals surface area (Å²) in [5.74, 6) is -0.414. The molecule has 2 aliphatic rings. The molecule has 0 bridgehead atoms. The molecule has 128 valence electrons. The van der Waals surface area contributed by atoms with E-state index in [2.05, 4.69) is 4.72 Å². The molecule has 1 aliphatic heterocycles. The SMILES string of the molecule is Cn1cc(S(=O)(=O)NC(=O)[C@@H]2CCO[C@H]2C2CC2)c2ccccc21. The molecule has 4 rings (SSSR count). The first-order valence-corrected chi connectivity index (χ1v) is 9.68. The molecule has 1 amide bonds. The number of hydrogen-bond acceptors (Lipinski definition) is 4. The summed E-state index contributed by atoms with van der Waals surface area (Å²) in [6.07, 6.45) is 4.12. The molecule has 1 saturated heterocycles. The Morgan fingerprint density at radius 3 is 2.75 bits per heavy atom. The zero-order valence-electron chi connectivity index (χ0n) is 13.4. The van der Waals surface area contributed by atoms with Crippen molar-refractivity contribution in [3.63, 3.8) is 0 Å². The predicted octanol–water partition coefficient (Wildman–Crippen LogP) is 1.80. The van der Waals surface area contributed by atoms with Gasteiger partial charge in [0.2, 0.25) is 5.91 Å². The summed E-state index contributed by atoms with van der Waals surface area (Å²) >= 11 is 0. The molecular formula is C17H20N2O4S. The van der Waals surface area contributed by atoms with Gasteiger partial charge in [-0.2, -0.15) is 0 Å². The number of carbonyl (C=O) groups is 1. The molecule has 2 fully saturated rings. The molecule has 1 saturated carbocycles. The number of nitrogens with one attached hydrogen (secondary N) is 1. The number of nitrogens with zero attached hydrogens (tertiary/aromatic N) is 1. The standard InChI is InChI=1S/C17H20N2O4S/c1-19-10-15(12-4-2-3-5-14(12)19)24(21,22)18-17(20)13-8-9-23-16(13)11-6-7-11/h2-5,10-11,13,16H,6-9H2,1H3,(H,18,20)/t13-,16+/m1/s1. The van der Waals surface area contributed by atoms with Crippen molar-refractivity contribution < 1.29 is 17.9 Å². The molecule has 2 heterocycles. The molecule has 1 aliphatic carbocycles. The Morgan fingerprint density at radius 1 is 1.25 bits per heavy atom. The normalized spacial score (nSPS) is 24.4. The van der Waals surface area contributed by atoms with Crippen LogP contribution >= 0.6 is 0 Å². The molecule has 7 heteroatoms. The van der Waals surface area contributed by atoms with E-state index in [1.54, 1.807) is 29.9 Å². The third-order valence-electron chi connectivity index (χ3n) is 4.94. The predicted molar refractivity (Wildman–Crippen MR) is 88.8 cm³/mol. The Bertz CT molecular complexity index is 898. The first-order valence-electron chi connectivity index (χ1n) is 8.20. The van der Waals surface area contributed by atoms with Crippen LogP contribution in [0.15, 0.2) is 35.4 Å². The summed E-state index contributed by atoms with van der Waals surface area (Å²) in [4.78, 5) is 12.7. The Hall–Kier alpha value is -1.86. The van der Waals surface area contributed by atoms with E-state index in [1.165, 1.54) is 0 Å². The summed E-state index contributed by atoms with van der Waals surface area (Å²) in [6.45, 7) is 0.521. The van der Waals surface area contributed by atoms with Crippen LogP contribution in [0.5, 0.6) is 0 Å². The first-order chi connectivity index (χ1) is 11.5. The van der Waals surface area contributed by atoms with Gasteiger partial charge in [0.1, 0.15) is 4.90 Å². The number of hydrogen-bond donors (Lipinski definition) is 1. The number of aromatic nitrogens is 1. The Kier molecular flexibility index (Phi) is 3.65. The molecule has 2 aromatic rings. The van der Waals surface area contributed by atoms with E-state index in [9.17, 15) is 13.2 Å². The molecule has 2 atom stereocenters. The molecule has 0 unspecified atom stereocenters. The molecule has 0 spiro atoms. The van der Waals surface area contributed by atoms with Gasteiger partial charge in [-0.1, -0.05) is 18.2 Å². The van der Waals surface area contributed by atoms with Crippen LogP contribution in [-0.2, 0) is 26.6 Å². The molecule has 0 radical (unpaired) electrons. The number of aryl methyl sites for hydroxylation is 1. The second-order valence-electron chi connectivity index (χ2n) is 6.66. The van der Waals surface area contributed by atoms with Gasteiger partial charge in [0.15, 0.2) is 0 Å². The number of amides is 1. The summed E-state index contributed by atoms with van der Waals surface area (Å²) in [6, 6.07) is 7.24. The number of fused-ring (bicyclic) bond motifs is 1. The Balaban J connectivity index is 1.61. The monoisotopic (exact) mass is 348 g/mol. The maximum atomic E-state index is 12.7. The molecular weight excluding hydrogens is 328 g/mol. The Morgan fingerprint density at radius 2 is 2.00 bits per heavy atom. The van der Waals surface area contributed by atoms with Gasteiger partial charge in [-0.25, -0.2) is 13.1 Å². The van der Waals surface area contributed by atoms with E-state index in [-0.39, 0.29) is 16.9 Å². The second-order valence-corrected chi connectivity index (χ2v) is 8.31. The highest BCUT2D eigenvalue weighted by Crippen LogP contribution is 2.41. The van der Waals surface area contributed by atoms with Crippen molar-refractivity contribution in [3.8, 4) is 0 Å². The summed E-state index contributed by atoms with van der Waals surface area (Å²) < 4.78 is 35.1. The van der Waals surface area contributed by atoms with Crippen molar-refractivity contribution in [2.24, 2.45) is 18.9 Å². The van der Waals surface area contributed by atoms with Crippen molar-refractivity contribution >= 4 is 26.8 Å². The Labute approximate surface area is 140 Å². The smallest absolute Gasteiger partial charge is 0.266 e. The van der Waals surface area contributed by atoms with Gasteiger partial charge in [-0.15, -0.1) is 0 Å². The van der Waals surface area contributed by atoms with Crippen LogP contribution in [0.4, 0.5) is 0 Å². The zero-order valence-corrected chi connectivity index (χ0v) is 14.3. The lowest BCUT2D eigenvalue weighted by Gasteiger charge is -2.17. The highest BCUT2D eigenvalue weighted by Gasteiger charge is 2.44. The fourth-order valence-electron chi connectivity index (χ4n) is 3.56. The molecule has 1 aromatic carbocycles. The fourth-order valence-corrected chi connectivity index (χ4v) is 4.85. The lowest BCUT2D eigenvalue weighted by Crippen LogP contribution is -2.39. The van der Waals surface area contributed by atoms with Crippen LogP contribution < -0.4 is 4.72 Å². The molecule has 1 N–H and O–H groups in total. The summed E-state index contributed by atoms with van der Waals surface area (Å²) in [5, 5.41) is 0.613. The lowest BCUT2D eigenvalue weighted by molar-refractivity contribution is -0.125. The fraction of sp³-hybridized carbons (Fsp3) is 0.471. The van der Waals surface area contributed by atoms with E-state index in [1.807, 2.05) is 12.1 Å². The van der Waals surface area contributed by atoms with Crippen molar-refractivity contribution in [2.45, 2.75) is 30.3 Å². The topological polar surface area (TPSA) is 77.4 Å². The average molecular weight is 348 g/mol. The van der Waals surface area contributed by atoms with Crippen molar-refractivity contribution in [1.29, 1.82) is 0 Å². The number of carbonyl (C=O) groups excluding carboxylic acids is 1. The van der Waals surface area contributed by atoms with Gasteiger partial charge < -0.3 is 9.30 Å². The zero-order chi connectivity index (χ0) is 16.9. The first kappa shape index (κ1) is 15.7. The second kappa shape index (κ2) is 5.60. The summed E-state index contributed by atoms with van der Waals surface area (Å²) in [5.41, 5.74) is 0.811. The van der Waals surface area contributed by atoms with Crippen LogP contribution in [0.25, 0.3) is 10.9 Å². The quantitative estimate of drug-likeness (QED) is 0.914. The minimum Gasteiger partial charge on any atom is -0.377 e. The van der Waals surface area contributed by atoms with E-state index >= 15 is 0 Å². The van der Waals surface area contributed by atoms with Gasteiger partial charge in [0.05, 0.1) is 12.0 Å². The van der Waals surface area contributed by atoms with Crippen LogP contribution in [0, 0.1) is 11.8 Å². The van der Waals surface area contributed by atoms with Crippen LogP contribution in [-0.4, -0.2) is 31.6 Å². The van der Waals surface area contributed by atoms with Crippen LogP contribution in [0.1, 0.15) is 19.3 Å². The maximum Gasteiger partial charge on any atom is 0.266 e. The van der Waals surface area contributed by atoms with Crippen molar-refractivity contribution in [1.82, 2.24) is 9.29 Å². The summed E-state index contributed by atoms with van der Waals surface area (Å²) in [7, 11) is -2.12. The number of sulfonamides is 1. The average Bonchev–Trinajstić information content (AvgIpc) is 3.16. The van der Waals surface area contributed by atoms with E-state index < -0.39 is 15.9 Å². The number of benzene rings is 1. The van der Waals surface area contributed by atoms with Crippen LogP contribution in [0.3, 0.4) is 0 Å². The van der Waals surface area contributed by atoms with E-state index in [0.29, 0.717) is 24.3 Å². The third kappa shape index (κ3) is 2.61. The largest absolute Gasteiger partial charge is 0.377 e. The highest BCUT2D eigenvalue weighted by atomic mass is 32.2. The van der Waals surface area contributed by atoms with Gasteiger partial charge in [0, 0.05) is 30.8 Å². The highest BCUT2D eigenvalue weighted by molar-refractivity contribution is 7.90. The van der Waals surface area contributed by atoms with Gasteiger partial charge in [-0.05, 0) is 31.2 Å². The van der Waals surface area contributed by atoms with Crippen LogP contribution in [0.2, 0.25) is 0 Å². The minimum atomic E-state index is -3.91. The van der Waals surface area contributed by atoms with E-state index in [0.717, 1.165) is 18.4 Å². The maximum absolute atomic E-state index is 12.7. The molecule has 1 aromatic heterocycles. The van der Waals surface area contributed by atoms with Crippen molar-refractivity contribution in [2.75, 3.05) is 6.61 Å².